The van der Waals surface area contributed by atoms with Crippen molar-refractivity contribution < 1.29 is 26.7 Å². The lowest BCUT2D eigenvalue weighted by Gasteiger charge is -2.22. The van der Waals surface area contributed by atoms with Crippen LogP contribution < -0.4 is 10.2 Å². The van der Waals surface area contributed by atoms with E-state index in [1.165, 1.54) is 26.2 Å². The number of alkyl halides is 5. The molecule has 0 aromatic heterocycles. The van der Waals surface area contributed by atoms with Crippen LogP contribution in [0.25, 0.3) is 5.57 Å². The van der Waals surface area contributed by atoms with Gasteiger partial charge in [0.2, 0.25) is 0 Å². The minimum Gasteiger partial charge on any atom is -0.496 e. The Labute approximate surface area is 129 Å². The summed E-state index contributed by atoms with van der Waals surface area (Å²) in [6, 6.07) is 4.75. The molecule has 1 radical (unpaired) electrons. The van der Waals surface area contributed by atoms with E-state index in [4.69, 9.17) is 4.74 Å². The standard InChI is InChI=1S/C15H14F5N2O/c1-4-9-5-6-11(23-3)10(7-9)12-8(2)21-22-13(12)14(16,17)15(18,19)20/h5-7H,4H2,1-3H3. The fourth-order valence-corrected chi connectivity index (χ4v) is 2.24. The SMILES string of the molecule is CCc1ccc(OC)c(C2=C(C)[N]N=C2C(F)(F)C(F)(F)F)c1. The molecule has 0 unspecified atom stereocenters. The fraction of sp³-hybridized carbons (Fsp3) is 0.400. The maximum absolute atomic E-state index is 13.8. The summed E-state index contributed by atoms with van der Waals surface area (Å²) >= 11 is 0. The molecule has 1 aliphatic heterocycles. The largest absolute Gasteiger partial charge is 0.496 e. The van der Waals surface area contributed by atoms with Gasteiger partial charge in [-0.25, -0.2) is 0 Å². The van der Waals surface area contributed by atoms with Gasteiger partial charge in [0.05, 0.1) is 12.8 Å². The summed E-state index contributed by atoms with van der Waals surface area (Å²) in [5, 5.41) is 3.09. The first-order valence-electron chi connectivity index (χ1n) is 6.75. The first-order chi connectivity index (χ1) is 10.6. The number of aryl methyl sites for hydroxylation is 1. The van der Waals surface area contributed by atoms with Crippen LogP contribution in [-0.2, 0) is 6.42 Å². The van der Waals surface area contributed by atoms with Crippen LogP contribution in [0.3, 0.4) is 0 Å². The van der Waals surface area contributed by atoms with E-state index >= 15 is 0 Å². The zero-order valence-electron chi connectivity index (χ0n) is 12.6. The Morgan fingerprint density at radius 1 is 1.13 bits per heavy atom. The summed E-state index contributed by atoms with van der Waals surface area (Å²) in [6.07, 6.45) is -5.17. The van der Waals surface area contributed by atoms with Crippen LogP contribution in [0.2, 0.25) is 0 Å². The molecule has 23 heavy (non-hydrogen) atoms. The predicted octanol–water partition coefficient (Wildman–Crippen LogP) is 4.16. The van der Waals surface area contributed by atoms with Crippen LogP contribution >= 0.6 is 0 Å². The summed E-state index contributed by atoms with van der Waals surface area (Å²) in [5.74, 6) is -4.92. The highest BCUT2D eigenvalue weighted by molar-refractivity contribution is 6.29. The third-order valence-electron chi connectivity index (χ3n) is 3.49. The van der Waals surface area contributed by atoms with E-state index < -0.39 is 17.8 Å². The molecule has 1 aromatic carbocycles. The number of halogens is 5. The summed E-state index contributed by atoms with van der Waals surface area (Å²) in [7, 11) is 1.31. The van der Waals surface area contributed by atoms with Crippen LogP contribution in [0.5, 0.6) is 5.75 Å². The molecule has 0 saturated carbocycles. The third-order valence-corrected chi connectivity index (χ3v) is 3.49. The maximum atomic E-state index is 13.8. The van der Waals surface area contributed by atoms with Gasteiger partial charge in [0.25, 0.3) is 0 Å². The van der Waals surface area contributed by atoms with Crippen LogP contribution in [0, 0.1) is 0 Å². The molecule has 0 N–H and O–H groups in total. The number of allylic oxidation sites excluding steroid dienone is 2. The highest BCUT2D eigenvalue weighted by Crippen LogP contribution is 2.44. The monoisotopic (exact) mass is 333 g/mol. The molecule has 0 atom stereocenters. The van der Waals surface area contributed by atoms with Crippen molar-refractivity contribution in [3.8, 4) is 5.75 Å². The van der Waals surface area contributed by atoms with Crippen molar-refractivity contribution in [2.45, 2.75) is 32.4 Å². The van der Waals surface area contributed by atoms with E-state index in [-0.39, 0.29) is 22.6 Å². The number of hydrogen-bond acceptors (Lipinski definition) is 2. The van der Waals surface area contributed by atoms with E-state index in [0.717, 1.165) is 5.56 Å². The van der Waals surface area contributed by atoms with Crippen LogP contribution in [0.1, 0.15) is 25.0 Å². The number of hydrogen-bond donors (Lipinski definition) is 0. The molecule has 0 bridgehead atoms. The summed E-state index contributed by atoms with van der Waals surface area (Å²) < 4.78 is 70.7. The van der Waals surface area contributed by atoms with Crippen molar-refractivity contribution in [1.29, 1.82) is 0 Å². The van der Waals surface area contributed by atoms with Gasteiger partial charge in [-0.05, 0) is 31.0 Å². The quantitative estimate of drug-likeness (QED) is 0.762. The maximum Gasteiger partial charge on any atom is 0.459 e. The number of benzene rings is 1. The van der Waals surface area contributed by atoms with Gasteiger partial charge in [0, 0.05) is 11.1 Å². The molecule has 8 heteroatoms. The second kappa shape index (κ2) is 5.82. The molecule has 2 rings (SSSR count). The zero-order valence-corrected chi connectivity index (χ0v) is 12.6. The second-order valence-electron chi connectivity index (χ2n) is 4.97. The second-order valence-corrected chi connectivity index (χ2v) is 4.97. The Hall–Kier alpha value is -2.12. The molecule has 0 saturated heterocycles. The highest BCUT2D eigenvalue weighted by atomic mass is 19.4. The average molecular weight is 333 g/mol. The molecular weight excluding hydrogens is 319 g/mol. The summed E-state index contributed by atoms with van der Waals surface area (Å²) in [4.78, 5) is 0. The van der Waals surface area contributed by atoms with Crippen molar-refractivity contribution in [3.63, 3.8) is 0 Å². The number of nitrogens with zero attached hydrogens (tertiary/aromatic N) is 2. The molecule has 3 nitrogen and oxygen atoms in total. The van der Waals surface area contributed by atoms with Gasteiger partial charge in [0.1, 0.15) is 5.75 Å². The van der Waals surface area contributed by atoms with Crippen molar-refractivity contribution in [1.82, 2.24) is 5.43 Å². The Kier molecular flexibility index (Phi) is 4.37. The van der Waals surface area contributed by atoms with Gasteiger partial charge < -0.3 is 4.74 Å². The van der Waals surface area contributed by atoms with E-state index in [0.29, 0.717) is 6.42 Å². The zero-order chi connectivity index (χ0) is 17.4. The van der Waals surface area contributed by atoms with Gasteiger partial charge in [0.15, 0.2) is 5.71 Å². The van der Waals surface area contributed by atoms with Gasteiger partial charge in [-0.2, -0.15) is 27.4 Å². The van der Waals surface area contributed by atoms with Crippen molar-refractivity contribution in [2.75, 3.05) is 7.11 Å². The molecular formula is C15H14F5N2O. The van der Waals surface area contributed by atoms with Gasteiger partial charge >= 0.3 is 12.1 Å². The lowest BCUT2D eigenvalue weighted by molar-refractivity contribution is -0.248. The van der Waals surface area contributed by atoms with Gasteiger partial charge in [-0.15, -0.1) is 5.10 Å². The lowest BCUT2D eigenvalue weighted by atomic mass is 9.93. The van der Waals surface area contributed by atoms with Crippen molar-refractivity contribution in [2.24, 2.45) is 5.10 Å². The first kappa shape index (κ1) is 17.2. The van der Waals surface area contributed by atoms with Gasteiger partial charge in [-0.3, -0.25) is 0 Å². The topological polar surface area (TPSA) is 35.7 Å². The normalized spacial score (nSPS) is 15.6. The Morgan fingerprint density at radius 2 is 1.78 bits per heavy atom. The smallest absolute Gasteiger partial charge is 0.459 e. The molecule has 0 spiro atoms. The summed E-state index contributed by atoms with van der Waals surface area (Å²) in [5.41, 5.74) is 2.53. The minimum absolute atomic E-state index is 0.0181. The van der Waals surface area contributed by atoms with Crippen molar-refractivity contribution >= 4 is 11.3 Å². The number of rotatable bonds is 4. The Bertz CT molecular complexity index is 677. The van der Waals surface area contributed by atoms with E-state index in [9.17, 15) is 22.0 Å². The van der Waals surface area contributed by atoms with Gasteiger partial charge in [-0.1, -0.05) is 13.0 Å². The Morgan fingerprint density at radius 3 is 2.30 bits per heavy atom. The molecule has 1 heterocycles. The van der Waals surface area contributed by atoms with Crippen LogP contribution in [-0.4, -0.2) is 24.9 Å². The number of methoxy groups -OCH3 is 1. The molecule has 1 aliphatic rings. The number of ether oxygens (including phenoxy) is 1. The lowest BCUT2D eigenvalue weighted by Crippen LogP contribution is -2.44. The van der Waals surface area contributed by atoms with Crippen LogP contribution in [0.15, 0.2) is 29.0 Å². The molecule has 0 aliphatic carbocycles. The third kappa shape index (κ3) is 2.89. The molecule has 0 amide bonds. The van der Waals surface area contributed by atoms with E-state index in [1.54, 1.807) is 6.07 Å². The van der Waals surface area contributed by atoms with E-state index in [2.05, 4.69) is 10.5 Å². The average Bonchev–Trinajstić information content (AvgIpc) is 2.87. The molecule has 0 fully saturated rings. The van der Waals surface area contributed by atoms with Crippen LogP contribution in [0.4, 0.5) is 22.0 Å². The summed E-state index contributed by atoms with van der Waals surface area (Å²) in [6.45, 7) is 3.17. The van der Waals surface area contributed by atoms with E-state index in [1.807, 2.05) is 6.92 Å². The molecule has 1 aromatic rings. The fourth-order valence-electron chi connectivity index (χ4n) is 2.24. The van der Waals surface area contributed by atoms with Crippen molar-refractivity contribution in [3.05, 3.63) is 35.0 Å². The first-order valence-corrected chi connectivity index (χ1v) is 6.75. The highest BCUT2D eigenvalue weighted by Gasteiger charge is 2.63. The predicted molar refractivity (Wildman–Crippen MR) is 75.5 cm³/mol. The molecule has 125 valence electrons. The Balaban J connectivity index is 2.62. The minimum atomic E-state index is -5.76.